The van der Waals surface area contributed by atoms with Crippen LogP contribution in [0, 0.1) is 13.8 Å². The fourth-order valence-electron chi connectivity index (χ4n) is 2.49. The van der Waals surface area contributed by atoms with Gasteiger partial charge in [0, 0.05) is 10.7 Å². The minimum absolute atomic E-state index is 0.456. The van der Waals surface area contributed by atoms with E-state index in [0.29, 0.717) is 5.41 Å². The zero-order valence-electron chi connectivity index (χ0n) is 8.94. The Labute approximate surface area is 94.8 Å². The van der Waals surface area contributed by atoms with Gasteiger partial charge in [-0.25, -0.2) is 0 Å². The Morgan fingerprint density at radius 3 is 2.43 bits per heavy atom. The molecule has 0 heterocycles. The maximum atomic E-state index is 3.67. The summed E-state index contributed by atoms with van der Waals surface area (Å²) in [6.45, 7) is 4.41. The summed E-state index contributed by atoms with van der Waals surface area (Å²) in [5.41, 5.74) is 4.85. The largest absolute Gasteiger partial charge is 0.0918 e. The summed E-state index contributed by atoms with van der Waals surface area (Å²) in [7, 11) is 0. The molecule has 0 radical (unpaired) electrons. The van der Waals surface area contributed by atoms with Crippen molar-refractivity contribution in [2.45, 2.75) is 38.5 Å². The molecular weight excluding hydrogens is 236 g/mol. The molecular formula is C13H17Br. The first-order chi connectivity index (χ1) is 6.68. The van der Waals surface area contributed by atoms with Gasteiger partial charge in [-0.1, -0.05) is 46.1 Å². The Morgan fingerprint density at radius 1 is 1.29 bits per heavy atom. The van der Waals surface area contributed by atoms with Crippen LogP contribution in [0.15, 0.2) is 18.2 Å². The third kappa shape index (κ3) is 1.52. The van der Waals surface area contributed by atoms with Gasteiger partial charge in [0.25, 0.3) is 0 Å². The first-order valence-corrected chi connectivity index (χ1v) is 6.44. The van der Waals surface area contributed by atoms with E-state index in [1.807, 2.05) is 0 Å². The second-order valence-electron chi connectivity index (χ2n) is 4.59. The lowest BCUT2D eigenvalue weighted by Gasteiger charge is -2.42. The van der Waals surface area contributed by atoms with E-state index >= 15 is 0 Å². The Kier molecular flexibility index (Phi) is 2.70. The van der Waals surface area contributed by atoms with Gasteiger partial charge in [0.15, 0.2) is 0 Å². The van der Waals surface area contributed by atoms with Crippen LogP contribution >= 0.6 is 15.9 Å². The maximum Gasteiger partial charge on any atom is 0.0129 e. The SMILES string of the molecule is Cc1ccc(C2(CBr)CCC2)c(C)c1. The van der Waals surface area contributed by atoms with Crippen molar-refractivity contribution in [3.8, 4) is 0 Å². The topological polar surface area (TPSA) is 0 Å². The molecule has 0 N–H and O–H groups in total. The van der Waals surface area contributed by atoms with Gasteiger partial charge in [0.05, 0.1) is 0 Å². The Bertz CT molecular complexity index is 332. The van der Waals surface area contributed by atoms with Crippen LogP contribution < -0.4 is 0 Å². The molecule has 1 aliphatic carbocycles. The molecule has 0 aliphatic heterocycles. The van der Waals surface area contributed by atoms with Crippen LogP contribution in [0.3, 0.4) is 0 Å². The van der Waals surface area contributed by atoms with Crippen LogP contribution in [0.25, 0.3) is 0 Å². The van der Waals surface area contributed by atoms with Gasteiger partial charge in [0.1, 0.15) is 0 Å². The summed E-state index contributed by atoms with van der Waals surface area (Å²) in [6, 6.07) is 6.87. The molecule has 1 aliphatic rings. The number of hydrogen-bond acceptors (Lipinski definition) is 0. The average Bonchev–Trinajstić information content (AvgIpc) is 2.07. The zero-order valence-corrected chi connectivity index (χ0v) is 10.5. The normalized spacial score (nSPS) is 19.1. The summed E-state index contributed by atoms with van der Waals surface area (Å²) in [6.07, 6.45) is 4.09. The van der Waals surface area contributed by atoms with Crippen LogP contribution in [-0.2, 0) is 5.41 Å². The van der Waals surface area contributed by atoms with Gasteiger partial charge in [-0.3, -0.25) is 0 Å². The maximum absolute atomic E-state index is 3.67. The molecule has 0 atom stereocenters. The van der Waals surface area contributed by atoms with Crippen LogP contribution in [0.4, 0.5) is 0 Å². The van der Waals surface area contributed by atoms with E-state index in [1.165, 1.54) is 30.4 Å². The smallest absolute Gasteiger partial charge is 0.0129 e. The van der Waals surface area contributed by atoms with Gasteiger partial charge >= 0.3 is 0 Å². The molecule has 1 aromatic rings. The molecule has 0 bridgehead atoms. The Hall–Kier alpha value is -0.300. The number of halogens is 1. The number of alkyl halides is 1. The summed E-state index contributed by atoms with van der Waals surface area (Å²) >= 11 is 3.67. The third-order valence-corrected chi connectivity index (χ3v) is 4.59. The van der Waals surface area contributed by atoms with E-state index in [0.717, 1.165) is 5.33 Å². The van der Waals surface area contributed by atoms with Crippen LogP contribution in [0.5, 0.6) is 0 Å². The quantitative estimate of drug-likeness (QED) is 0.695. The molecule has 0 amide bonds. The molecule has 0 nitrogen and oxygen atoms in total. The third-order valence-electron chi connectivity index (χ3n) is 3.52. The Morgan fingerprint density at radius 2 is 2.00 bits per heavy atom. The fourth-order valence-corrected chi connectivity index (χ4v) is 3.35. The molecule has 1 fully saturated rings. The Balaban J connectivity index is 2.40. The molecule has 76 valence electrons. The van der Waals surface area contributed by atoms with Crippen molar-refractivity contribution in [3.05, 3.63) is 34.9 Å². The molecule has 0 spiro atoms. The summed E-state index contributed by atoms with van der Waals surface area (Å²) in [4.78, 5) is 0. The molecule has 1 saturated carbocycles. The van der Waals surface area contributed by atoms with Crippen LogP contribution in [0.1, 0.15) is 36.0 Å². The summed E-state index contributed by atoms with van der Waals surface area (Å²) < 4.78 is 0. The monoisotopic (exact) mass is 252 g/mol. The van der Waals surface area contributed by atoms with E-state index < -0.39 is 0 Å². The van der Waals surface area contributed by atoms with Gasteiger partial charge in [-0.2, -0.15) is 0 Å². The first-order valence-electron chi connectivity index (χ1n) is 5.32. The number of hydrogen-bond donors (Lipinski definition) is 0. The van der Waals surface area contributed by atoms with Crippen LogP contribution in [-0.4, -0.2) is 5.33 Å². The van der Waals surface area contributed by atoms with E-state index in [-0.39, 0.29) is 0 Å². The van der Waals surface area contributed by atoms with Crippen molar-refractivity contribution in [3.63, 3.8) is 0 Å². The van der Waals surface area contributed by atoms with E-state index in [2.05, 4.69) is 48.0 Å². The lowest BCUT2D eigenvalue weighted by atomic mass is 9.65. The number of benzene rings is 1. The van der Waals surface area contributed by atoms with Crippen molar-refractivity contribution in [2.75, 3.05) is 5.33 Å². The van der Waals surface area contributed by atoms with Crippen molar-refractivity contribution in [1.82, 2.24) is 0 Å². The number of aryl methyl sites for hydroxylation is 2. The van der Waals surface area contributed by atoms with Crippen molar-refractivity contribution < 1.29 is 0 Å². The predicted octanol–water partition coefficient (Wildman–Crippen LogP) is 4.12. The lowest BCUT2D eigenvalue weighted by molar-refractivity contribution is 0.279. The second-order valence-corrected chi connectivity index (χ2v) is 5.15. The zero-order chi connectivity index (χ0) is 10.2. The van der Waals surface area contributed by atoms with Crippen molar-refractivity contribution in [2.24, 2.45) is 0 Å². The second kappa shape index (κ2) is 3.69. The minimum Gasteiger partial charge on any atom is -0.0918 e. The lowest BCUT2D eigenvalue weighted by Crippen LogP contribution is -2.36. The average molecular weight is 253 g/mol. The summed E-state index contributed by atoms with van der Waals surface area (Å²) in [5.74, 6) is 0. The van der Waals surface area contributed by atoms with Crippen LogP contribution in [0.2, 0.25) is 0 Å². The molecule has 0 aromatic heterocycles. The van der Waals surface area contributed by atoms with Gasteiger partial charge in [-0.15, -0.1) is 0 Å². The standard InChI is InChI=1S/C13H17Br/c1-10-4-5-12(11(2)8-10)13(9-14)6-3-7-13/h4-5,8H,3,6-7,9H2,1-2H3. The highest BCUT2D eigenvalue weighted by molar-refractivity contribution is 9.09. The van der Waals surface area contributed by atoms with Gasteiger partial charge in [-0.05, 0) is 37.8 Å². The van der Waals surface area contributed by atoms with E-state index in [9.17, 15) is 0 Å². The highest BCUT2D eigenvalue weighted by Gasteiger charge is 2.38. The number of rotatable bonds is 2. The van der Waals surface area contributed by atoms with Gasteiger partial charge < -0.3 is 0 Å². The molecule has 14 heavy (non-hydrogen) atoms. The minimum atomic E-state index is 0.456. The van der Waals surface area contributed by atoms with E-state index in [4.69, 9.17) is 0 Å². The van der Waals surface area contributed by atoms with Crippen molar-refractivity contribution >= 4 is 15.9 Å². The van der Waals surface area contributed by atoms with Crippen molar-refractivity contribution in [1.29, 1.82) is 0 Å². The van der Waals surface area contributed by atoms with E-state index in [1.54, 1.807) is 5.56 Å². The highest BCUT2D eigenvalue weighted by atomic mass is 79.9. The fraction of sp³-hybridized carbons (Fsp3) is 0.538. The molecule has 2 rings (SSSR count). The molecule has 0 saturated heterocycles. The first kappa shape index (κ1) is 10.2. The molecule has 1 heteroatoms. The molecule has 0 unspecified atom stereocenters. The predicted molar refractivity (Wildman–Crippen MR) is 65.2 cm³/mol. The van der Waals surface area contributed by atoms with Gasteiger partial charge in [0.2, 0.25) is 0 Å². The summed E-state index contributed by atoms with van der Waals surface area (Å²) in [5, 5.41) is 1.11. The molecule has 1 aromatic carbocycles. The highest BCUT2D eigenvalue weighted by Crippen LogP contribution is 2.46.